The quantitative estimate of drug-likeness (QED) is 0.605. The van der Waals surface area contributed by atoms with Crippen LogP contribution in [0, 0.1) is 5.92 Å². The summed E-state index contributed by atoms with van der Waals surface area (Å²) in [7, 11) is 0. The molecule has 1 aromatic rings. The molecule has 0 saturated heterocycles. The first-order chi connectivity index (χ1) is 10.6. The number of anilines is 1. The molecule has 1 aliphatic carbocycles. The summed E-state index contributed by atoms with van der Waals surface area (Å²) in [5.74, 6) is -0.0223. The van der Waals surface area contributed by atoms with Gasteiger partial charge in [0.05, 0.1) is 10.7 Å². The van der Waals surface area contributed by atoms with E-state index in [9.17, 15) is 9.90 Å². The first-order valence-electron chi connectivity index (χ1n) is 7.82. The van der Waals surface area contributed by atoms with E-state index in [4.69, 9.17) is 17.3 Å². The van der Waals surface area contributed by atoms with E-state index in [1.807, 2.05) is 0 Å². The highest BCUT2D eigenvalue weighted by Crippen LogP contribution is 2.27. The summed E-state index contributed by atoms with van der Waals surface area (Å²) in [5.41, 5.74) is 11.7. The van der Waals surface area contributed by atoms with Crippen molar-refractivity contribution in [2.45, 2.75) is 50.7 Å². The second kappa shape index (κ2) is 8.36. The minimum absolute atomic E-state index is 0.490. The Morgan fingerprint density at radius 1 is 1.32 bits per heavy atom. The summed E-state index contributed by atoms with van der Waals surface area (Å²) in [4.78, 5) is 12.0. The number of aliphatic hydroxyl groups excluding tert-OH is 1. The molecule has 0 spiro atoms. The Morgan fingerprint density at radius 3 is 2.68 bits per heavy atom. The number of hydrogen-bond donors (Lipinski definition) is 4. The van der Waals surface area contributed by atoms with Crippen molar-refractivity contribution in [1.82, 2.24) is 5.43 Å². The fourth-order valence-corrected chi connectivity index (χ4v) is 3.08. The summed E-state index contributed by atoms with van der Waals surface area (Å²) < 4.78 is 0. The number of rotatable bonds is 6. The Kier molecular flexibility index (Phi) is 6.49. The molecule has 0 aliphatic heterocycles. The number of para-hydroxylation sites is 1. The van der Waals surface area contributed by atoms with Gasteiger partial charge in [0.1, 0.15) is 6.10 Å². The van der Waals surface area contributed by atoms with Gasteiger partial charge in [-0.2, -0.15) is 0 Å². The fraction of sp³-hybridized carbons (Fsp3) is 0.562. The monoisotopic (exact) mass is 325 g/mol. The molecule has 2 atom stereocenters. The number of hydrazine groups is 1. The van der Waals surface area contributed by atoms with Gasteiger partial charge in [-0.25, -0.2) is 0 Å². The van der Waals surface area contributed by atoms with Crippen LogP contribution in [0.25, 0.3) is 0 Å². The first-order valence-corrected chi connectivity index (χ1v) is 8.19. The van der Waals surface area contributed by atoms with Crippen molar-refractivity contribution >= 4 is 23.2 Å². The van der Waals surface area contributed by atoms with E-state index in [1.165, 1.54) is 19.3 Å². The number of halogens is 1. The number of amides is 1. The summed E-state index contributed by atoms with van der Waals surface area (Å²) in [5, 5.41) is 10.5. The largest absolute Gasteiger partial charge is 0.382 e. The number of nitrogens with one attached hydrogen (secondary N) is 2. The maximum atomic E-state index is 12.0. The van der Waals surface area contributed by atoms with Crippen LogP contribution in [0.2, 0.25) is 5.02 Å². The Bertz CT molecular complexity index is 492. The number of carbonyl (C=O) groups excluding carboxylic acids is 1. The Morgan fingerprint density at radius 2 is 2.00 bits per heavy atom. The van der Waals surface area contributed by atoms with Crippen LogP contribution in [-0.4, -0.2) is 23.2 Å². The molecular formula is C16H24ClN3O2. The van der Waals surface area contributed by atoms with Crippen LogP contribution in [0.3, 0.4) is 0 Å². The highest BCUT2D eigenvalue weighted by atomic mass is 35.5. The second-order valence-electron chi connectivity index (χ2n) is 5.94. The molecule has 1 aliphatic rings. The summed E-state index contributed by atoms with van der Waals surface area (Å²) in [6, 6.07) is 6.49. The van der Waals surface area contributed by atoms with Crippen LogP contribution in [0.5, 0.6) is 0 Å². The predicted octanol–water partition coefficient (Wildman–Crippen LogP) is 2.44. The molecule has 22 heavy (non-hydrogen) atoms. The summed E-state index contributed by atoms with van der Waals surface area (Å²) in [6.45, 7) is 0. The molecule has 1 unspecified atom stereocenters. The molecule has 1 fully saturated rings. The lowest BCUT2D eigenvalue weighted by Crippen LogP contribution is -2.48. The van der Waals surface area contributed by atoms with Gasteiger partial charge < -0.3 is 10.8 Å². The zero-order chi connectivity index (χ0) is 15.9. The van der Waals surface area contributed by atoms with Crippen molar-refractivity contribution in [1.29, 1.82) is 0 Å². The van der Waals surface area contributed by atoms with Crippen LogP contribution >= 0.6 is 11.6 Å². The zero-order valence-corrected chi connectivity index (χ0v) is 13.4. The highest BCUT2D eigenvalue weighted by molar-refractivity contribution is 6.33. The standard InChI is InChI=1S/C16H24ClN3O2/c17-12-8-4-5-9-14(12)19-20-16(22)15(21)13(18)10-11-6-2-1-3-7-11/h4-5,8-9,11,13,15,19,21H,1-3,6-7,10,18H2,(H,20,22)/t13-,15?/m1/s1. The van der Waals surface area contributed by atoms with Crippen molar-refractivity contribution in [3.8, 4) is 0 Å². The Balaban J connectivity index is 1.79. The molecule has 122 valence electrons. The van der Waals surface area contributed by atoms with E-state index >= 15 is 0 Å². The molecule has 0 aromatic heterocycles. The molecular weight excluding hydrogens is 302 g/mol. The van der Waals surface area contributed by atoms with Gasteiger partial charge in [0.2, 0.25) is 0 Å². The van der Waals surface area contributed by atoms with E-state index < -0.39 is 18.1 Å². The lowest BCUT2D eigenvalue weighted by atomic mass is 9.84. The Hall–Kier alpha value is -1.30. The smallest absolute Gasteiger partial charge is 0.268 e. The van der Waals surface area contributed by atoms with Gasteiger partial charge in [0, 0.05) is 6.04 Å². The third kappa shape index (κ3) is 4.87. The van der Waals surface area contributed by atoms with Crippen molar-refractivity contribution in [2.24, 2.45) is 11.7 Å². The van der Waals surface area contributed by atoms with E-state index in [2.05, 4.69) is 10.9 Å². The minimum atomic E-state index is -1.23. The van der Waals surface area contributed by atoms with Gasteiger partial charge in [0.15, 0.2) is 0 Å². The maximum Gasteiger partial charge on any atom is 0.268 e. The molecule has 5 N–H and O–H groups in total. The maximum absolute atomic E-state index is 12.0. The zero-order valence-electron chi connectivity index (χ0n) is 12.6. The molecule has 6 heteroatoms. The molecule has 5 nitrogen and oxygen atoms in total. The number of carbonyl (C=O) groups is 1. The van der Waals surface area contributed by atoms with Crippen LogP contribution in [-0.2, 0) is 4.79 Å². The average molecular weight is 326 g/mol. The number of nitrogens with two attached hydrogens (primary N) is 1. The molecule has 1 amide bonds. The van der Waals surface area contributed by atoms with Crippen molar-refractivity contribution in [2.75, 3.05) is 5.43 Å². The molecule has 0 bridgehead atoms. The second-order valence-corrected chi connectivity index (χ2v) is 6.35. The van der Waals surface area contributed by atoms with Crippen LogP contribution in [0.15, 0.2) is 24.3 Å². The third-order valence-corrected chi connectivity index (χ3v) is 4.53. The minimum Gasteiger partial charge on any atom is -0.382 e. The number of benzene rings is 1. The van der Waals surface area contributed by atoms with Gasteiger partial charge >= 0.3 is 0 Å². The van der Waals surface area contributed by atoms with E-state index in [0.29, 0.717) is 23.0 Å². The van der Waals surface area contributed by atoms with Gasteiger partial charge in [0.25, 0.3) is 5.91 Å². The molecule has 1 saturated carbocycles. The van der Waals surface area contributed by atoms with Gasteiger partial charge in [-0.05, 0) is 24.5 Å². The summed E-state index contributed by atoms with van der Waals surface area (Å²) >= 11 is 5.98. The molecule has 2 rings (SSSR count). The van der Waals surface area contributed by atoms with Gasteiger partial charge in [-0.1, -0.05) is 55.8 Å². The fourth-order valence-electron chi connectivity index (χ4n) is 2.90. The normalized spacial score (nSPS) is 18.5. The predicted molar refractivity (Wildman–Crippen MR) is 88.4 cm³/mol. The Labute approximate surface area is 136 Å². The van der Waals surface area contributed by atoms with Crippen LogP contribution < -0.4 is 16.6 Å². The van der Waals surface area contributed by atoms with E-state index in [1.54, 1.807) is 24.3 Å². The van der Waals surface area contributed by atoms with Crippen LogP contribution in [0.4, 0.5) is 5.69 Å². The lowest BCUT2D eigenvalue weighted by molar-refractivity contribution is -0.130. The van der Waals surface area contributed by atoms with E-state index in [-0.39, 0.29) is 0 Å². The molecule has 0 radical (unpaired) electrons. The van der Waals surface area contributed by atoms with Gasteiger partial charge in [-0.3, -0.25) is 15.6 Å². The first kappa shape index (κ1) is 17.1. The topological polar surface area (TPSA) is 87.4 Å². The molecule has 1 aromatic carbocycles. The van der Waals surface area contributed by atoms with E-state index in [0.717, 1.165) is 12.8 Å². The van der Waals surface area contributed by atoms with Crippen molar-refractivity contribution in [3.05, 3.63) is 29.3 Å². The van der Waals surface area contributed by atoms with Crippen LogP contribution in [0.1, 0.15) is 38.5 Å². The third-order valence-electron chi connectivity index (χ3n) is 4.20. The summed E-state index contributed by atoms with van der Waals surface area (Å²) in [6.07, 6.45) is 5.44. The number of aliphatic hydroxyl groups is 1. The SMILES string of the molecule is N[C@H](CC1CCCCC1)C(O)C(=O)NNc1ccccc1Cl. The molecule has 0 heterocycles. The highest BCUT2D eigenvalue weighted by Gasteiger charge is 2.26. The average Bonchev–Trinajstić information content (AvgIpc) is 2.54. The van der Waals surface area contributed by atoms with Crippen molar-refractivity contribution in [3.63, 3.8) is 0 Å². The number of hydrogen-bond acceptors (Lipinski definition) is 4. The lowest BCUT2D eigenvalue weighted by Gasteiger charge is -2.26. The van der Waals surface area contributed by atoms with Gasteiger partial charge in [-0.15, -0.1) is 0 Å². The van der Waals surface area contributed by atoms with Crippen molar-refractivity contribution < 1.29 is 9.90 Å².